The van der Waals surface area contributed by atoms with E-state index in [1.807, 2.05) is 62.5 Å². The van der Waals surface area contributed by atoms with Crippen molar-refractivity contribution in [2.75, 3.05) is 55.4 Å². The Morgan fingerprint density at radius 2 is 0.626 bits per heavy atom. The van der Waals surface area contributed by atoms with Crippen molar-refractivity contribution < 1.29 is 105 Å². The summed E-state index contributed by atoms with van der Waals surface area (Å²) in [5.74, 6) is 4.66. The highest BCUT2D eigenvalue weighted by molar-refractivity contribution is 4.99. The monoisotopic (exact) mass is 2160 g/mol. The van der Waals surface area contributed by atoms with Crippen molar-refractivity contribution in [1.82, 2.24) is 0 Å². The third kappa shape index (κ3) is 103. The van der Waals surface area contributed by atoms with E-state index in [0.29, 0.717) is 48.7 Å². The van der Waals surface area contributed by atoms with Crippen molar-refractivity contribution in [3.05, 3.63) is 0 Å². The number of aliphatic hydroxyl groups excluding tert-OH is 1. The summed E-state index contributed by atoms with van der Waals surface area (Å²) in [7, 11) is 8.10. The first-order valence-corrected chi connectivity index (χ1v) is 55.2. The predicted molar refractivity (Wildman–Crippen MR) is 612 cm³/mol. The van der Waals surface area contributed by atoms with Crippen LogP contribution in [-0.4, -0.2) is 142 Å². The molecule has 2 unspecified atom stereocenters. The average molecular weight is 2160 g/mol. The van der Waals surface area contributed by atoms with Crippen molar-refractivity contribution in [3.63, 3.8) is 0 Å². The molecule has 6 rings (SSSR count). The van der Waals surface area contributed by atoms with Gasteiger partial charge in [-0.2, -0.15) is 52.7 Å². The number of hydrogen-bond acceptors (Lipinski definition) is 9. The van der Waals surface area contributed by atoms with E-state index >= 15 is 0 Å². The highest BCUT2D eigenvalue weighted by atomic mass is 19.4. The zero-order valence-electron chi connectivity index (χ0n) is 110. The zero-order chi connectivity index (χ0) is 122. The second-order valence-corrected chi connectivity index (χ2v) is 63.3. The Balaban J connectivity index is -0.000000132. The number of halogens is 14. The lowest BCUT2D eigenvalue weighted by molar-refractivity contribution is -0.240. The van der Waals surface area contributed by atoms with Crippen LogP contribution in [0, 0.1) is 122 Å². The van der Waals surface area contributed by atoms with E-state index in [1.165, 1.54) is 144 Å². The van der Waals surface area contributed by atoms with Crippen LogP contribution in [0.4, 0.5) is 61.5 Å². The molecule has 5 aliphatic carbocycles. The van der Waals surface area contributed by atoms with E-state index < -0.39 is 77.0 Å². The minimum absolute atomic E-state index is 0.00694. The molecule has 1 heterocycles. The molecule has 2 atom stereocenters. The molecule has 0 spiro atoms. The van der Waals surface area contributed by atoms with Crippen molar-refractivity contribution in [1.29, 1.82) is 0 Å². The first kappa shape index (κ1) is 171. The van der Waals surface area contributed by atoms with E-state index in [1.54, 1.807) is 62.9 Å². The third-order valence-electron chi connectivity index (χ3n) is 27.8. The van der Waals surface area contributed by atoms with Crippen LogP contribution in [0.5, 0.6) is 0 Å². The van der Waals surface area contributed by atoms with E-state index in [0.717, 1.165) is 90.1 Å². The molecular weight excluding hydrogens is 1900 g/mol. The van der Waals surface area contributed by atoms with Crippen molar-refractivity contribution in [2.45, 2.75) is 629 Å². The van der Waals surface area contributed by atoms with Gasteiger partial charge >= 0.3 is 24.7 Å². The fourth-order valence-electron chi connectivity index (χ4n) is 11.9. The number of alkyl halides is 14. The van der Waals surface area contributed by atoms with Gasteiger partial charge in [0.05, 0.1) is 53.2 Å². The van der Waals surface area contributed by atoms with E-state index in [4.69, 9.17) is 28.8 Å². The molecule has 6 aliphatic rings. The average Bonchev–Trinajstić information content (AvgIpc) is 1.32. The van der Waals surface area contributed by atoms with Crippen molar-refractivity contribution >= 4 is 0 Å². The Labute approximate surface area is 906 Å². The maximum atomic E-state index is 12.1. The summed E-state index contributed by atoms with van der Waals surface area (Å²) in [4.78, 5) is 0. The van der Waals surface area contributed by atoms with Gasteiger partial charge in [0.15, 0.2) is 12.2 Å². The number of hydrogen-bond donors (Lipinski definition) is 3. The molecule has 0 aromatic heterocycles. The fraction of sp³-hybridized carbons (Fsp3) is 1.00. The Bertz CT molecular complexity index is 2890. The number of aliphatic hydroxyl groups is 3. The molecule has 0 aromatic carbocycles. The smallest absolute Gasteiger partial charge is 0.390 e. The first-order chi connectivity index (χ1) is 63.3. The molecular formula is C124H258F14O9. The summed E-state index contributed by atoms with van der Waals surface area (Å²) in [5.41, 5.74) is -0.414. The second kappa shape index (κ2) is 69.2. The van der Waals surface area contributed by atoms with Crippen LogP contribution in [0.1, 0.15) is 558 Å². The Morgan fingerprint density at radius 3 is 0.639 bits per heavy atom. The molecule has 0 amide bonds. The van der Waals surface area contributed by atoms with Crippen LogP contribution >= 0.6 is 0 Å². The Kier molecular flexibility index (Phi) is 80.4. The standard InChI is InChI=1S/C9H18O.2C9H18.C8H16O.C8H18O.C8H16.C7H13F3O.C7H14O.C7H16O.C7H16.C6H11F3O.C6H11F3.C6H12F2.C6H14O.C6H14.C5H9F3.C5H12O.C5H12/c1-8(2,3)9(10-4)6-5-7-9;2*1-9(2,3)8-6-4-5-7-8;1-7(2,3)8(9)5-4-6-8;1-7(2,3)8(4,5)9-6;1-8(2,3)7-5-4-6-7;1-6(2,3)5(11-4)7(8,9)10;1-7(2,3)6-4-8-5-6;1-6(2,3)7(4,5)8;1-6(2)7(3,4)5;1-5(2,3)4(10)6(7,8)9;1-5(2,3)4-6(7,8)9;1-6(2,3)4-5(7)8;1-6(2,3)5-7-4;1-5-6(2,3)4;1-4(2,3)5(6,7)8;1-5(2,3)6-4;1-5(2,3)4/h5-7H2,1-4H3;2*8H,4-7H2,1-3H3;9H,4-6H2,1-3H3;1-6H3;7H,4-6H2,1-3H3;5H,1-4H3;6H,4-5H2,1-3H3;8H,1-5H3;6H,1-5H3;4,10H,1-3H3;4H2,1-3H3;5H,4H2,1-3H3;5H2,1-4H3;5H2,1-4H3;1-3H3;1-4H3;1-4H3. The molecule has 3 N–H and O–H groups in total. The molecule has 147 heavy (non-hydrogen) atoms. The van der Waals surface area contributed by atoms with Gasteiger partial charge in [-0.05, 0) is 236 Å². The molecule has 23 heteroatoms. The van der Waals surface area contributed by atoms with Crippen molar-refractivity contribution in [3.8, 4) is 0 Å². The fourth-order valence-corrected chi connectivity index (χ4v) is 11.9. The maximum absolute atomic E-state index is 12.1. The first-order valence-electron chi connectivity index (χ1n) is 55.2. The highest BCUT2D eigenvalue weighted by Crippen LogP contribution is 2.50. The summed E-state index contributed by atoms with van der Waals surface area (Å²) >= 11 is 0. The summed E-state index contributed by atoms with van der Waals surface area (Å²) in [6, 6.07) is 0. The van der Waals surface area contributed by atoms with Gasteiger partial charge in [-0.3, -0.25) is 0 Å². The quantitative estimate of drug-likeness (QED) is 0.231. The van der Waals surface area contributed by atoms with Gasteiger partial charge in [0, 0.05) is 54.3 Å². The van der Waals surface area contributed by atoms with Gasteiger partial charge in [0.25, 0.3) is 0 Å². The van der Waals surface area contributed by atoms with E-state index in [-0.39, 0.29) is 50.5 Å². The van der Waals surface area contributed by atoms with Gasteiger partial charge in [0.2, 0.25) is 6.43 Å². The molecule has 1 saturated heterocycles. The lowest BCUT2D eigenvalue weighted by Crippen LogP contribution is -2.50. The van der Waals surface area contributed by atoms with Crippen LogP contribution < -0.4 is 0 Å². The molecule has 0 bridgehead atoms. The van der Waals surface area contributed by atoms with Gasteiger partial charge in [-0.25, -0.2) is 8.78 Å². The van der Waals surface area contributed by atoms with E-state index in [9.17, 15) is 71.7 Å². The normalized spacial score (nSPS) is 17.4. The molecule has 1 aliphatic heterocycles. The number of ether oxygens (including phenoxy) is 6. The summed E-state index contributed by atoms with van der Waals surface area (Å²) in [6.07, 6.45) is 0.871. The van der Waals surface area contributed by atoms with Crippen LogP contribution in [0.3, 0.4) is 0 Å². The van der Waals surface area contributed by atoms with Crippen LogP contribution in [-0.2, 0) is 28.4 Å². The van der Waals surface area contributed by atoms with E-state index in [2.05, 4.69) is 275 Å². The minimum Gasteiger partial charge on any atom is -0.390 e. The van der Waals surface area contributed by atoms with Crippen molar-refractivity contribution in [2.24, 2.45) is 122 Å². The SMILES string of the molecule is CC(C)(C)C.CC(C)(C)C(C)(C)O.CC(C)(C)C(F)(F)F.CC(C)(C)C(O)C(F)(F)F.CC(C)(C)C1(O)CCC1.CC(C)(C)C1CCC1.CC(C)(C)C1CCCC1.CC(C)(C)C1CCCC1.CC(C)(C)C1COC1.CC(C)(C)CC(F)(F)F.CC(C)(C)CC(F)F.CC(C)C(C)(C)C.CCC(C)(C)C.COC(C(C)(C)C)C(F)(F)F.COC(C)(C)C.COC(C)(C)C(C)(C)C.COC1(C(C)(C)C)CCC1.COCC(C)(C)C. The molecule has 5 saturated carbocycles. The highest BCUT2D eigenvalue weighted by Gasteiger charge is 2.50. The van der Waals surface area contributed by atoms with Crippen LogP contribution in [0.15, 0.2) is 0 Å². The molecule has 906 valence electrons. The van der Waals surface area contributed by atoms with Gasteiger partial charge in [-0.15, -0.1) is 0 Å². The minimum atomic E-state index is -4.50. The maximum Gasteiger partial charge on any atom is 0.415 e. The summed E-state index contributed by atoms with van der Waals surface area (Å²) in [6.45, 7) is 128. The molecule has 0 aromatic rings. The Hall–Kier alpha value is -1.34. The lowest BCUT2D eigenvalue weighted by Gasteiger charge is -2.50. The number of rotatable bonds is 5. The molecule has 9 nitrogen and oxygen atoms in total. The van der Waals surface area contributed by atoms with Gasteiger partial charge in [-0.1, -0.05) is 419 Å². The predicted octanol–water partition coefficient (Wildman–Crippen LogP) is 42.9. The van der Waals surface area contributed by atoms with Gasteiger partial charge < -0.3 is 43.7 Å². The summed E-state index contributed by atoms with van der Waals surface area (Å²) < 4.78 is 194. The summed E-state index contributed by atoms with van der Waals surface area (Å²) in [5, 5.41) is 27.7. The van der Waals surface area contributed by atoms with Crippen LogP contribution in [0.25, 0.3) is 0 Å². The second-order valence-electron chi connectivity index (χ2n) is 63.3. The van der Waals surface area contributed by atoms with Crippen LogP contribution in [0.2, 0.25) is 0 Å². The molecule has 6 fully saturated rings. The Morgan fingerprint density at radius 1 is 0.354 bits per heavy atom. The lowest BCUT2D eigenvalue weighted by atomic mass is 9.64. The zero-order valence-corrected chi connectivity index (χ0v) is 110. The number of methoxy groups -OCH3 is 5. The topological polar surface area (TPSA) is 116 Å². The van der Waals surface area contributed by atoms with Gasteiger partial charge in [0.1, 0.15) is 0 Å². The largest absolute Gasteiger partial charge is 0.415 e. The third-order valence-corrected chi connectivity index (χ3v) is 27.8. The molecule has 0 radical (unpaired) electrons.